The van der Waals surface area contributed by atoms with Gasteiger partial charge in [-0.05, 0) is 12.7 Å². The molecule has 0 saturated heterocycles. The third kappa shape index (κ3) is 4.23. The number of esters is 1. The Hall–Kier alpha value is -0.710. The number of rotatable bonds is 4. The van der Waals surface area contributed by atoms with E-state index in [1.165, 1.54) is 7.11 Å². The highest BCUT2D eigenvalue weighted by atomic mass is 32.1. The van der Waals surface area contributed by atoms with Crippen molar-refractivity contribution in [3.63, 3.8) is 0 Å². The quantitative estimate of drug-likeness (QED) is 0.485. The van der Waals surface area contributed by atoms with Gasteiger partial charge in [-0.25, -0.2) is 4.79 Å². The fourth-order valence-corrected chi connectivity index (χ4v) is 0.854. The maximum atomic E-state index is 10.9. The first-order valence-corrected chi connectivity index (χ1v) is 4.23. The maximum Gasteiger partial charge on any atom is 0.328 e. The van der Waals surface area contributed by atoms with Crippen molar-refractivity contribution in [3.05, 3.63) is 0 Å². The predicted octanol–water partition coefficient (Wildman–Crippen LogP) is -0.0160. The molecule has 12 heavy (non-hydrogen) atoms. The average Bonchev–Trinajstić information content (AvgIpc) is 2.03. The Morgan fingerprint density at radius 2 is 2.17 bits per heavy atom. The SMILES string of the molecule is COC(=O)[C@H](C)NC(=O)CCS. The summed E-state index contributed by atoms with van der Waals surface area (Å²) in [7, 11) is 1.28. The zero-order valence-electron chi connectivity index (χ0n) is 7.16. The topological polar surface area (TPSA) is 55.4 Å². The second-order valence-electron chi connectivity index (χ2n) is 2.29. The summed E-state index contributed by atoms with van der Waals surface area (Å²) >= 11 is 3.88. The van der Waals surface area contributed by atoms with Crippen LogP contribution in [0.4, 0.5) is 0 Å². The van der Waals surface area contributed by atoms with Gasteiger partial charge < -0.3 is 10.1 Å². The standard InChI is InChI=1S/C7H13NO3S/c1-5(7(10)11-2)8-6(9)3-4-12/h5,12H,3-4H2,1-2H3,(H,8,9)/t5-/m0/s1. The Morgan fingerprint density at radius 3 is 2.58 bits per heavy atom. The van der Waals surface area contributed by atoms with Gasteiger partial charge in [-0.1, -0.05) is 0 Å². The highest BCUT2D eigenvalue weighted by molar-refractivity contribution is 7.80. The molecule has 1 amide bonds. The lowest BCUT2D eigenvalue weighted by Gasteiger charge is -2.10. The van der Waals surface area contributed by atoms with E-state index in [0.29, 0.717) is 12.2 Å². The van der Waals surface area contributed by atoms with E-state index in [-0.39, 0.29) is 5.91 Å². The van der Waals surface area contributed by atoms with Crippen molar-refractivity contribution >= 4 is 24.5 Å². The molecule has 0 aliphatic heterocycles. The van der Waals surface area contributed by atoms with Crippen LogP contribution in [0, 0.1) is 0 Å². The zero-order valence-corrected chi connectivity index (χ0v) is 8.06. The number of carbonyl (C=O) groups excluding carboxylic acids is 2. The molecule has 0 bridgehead atoms. The minimum Gasteiger partial charge on any atom is -0.467 e. The van der Waals surface area contributed by atoms with E-state index in [1.807, 2.05) is 0 Å². The van der Waals surface area contributed by atoms with Gasteiger partial charge in [0.25, 0.3) is 0 Å². The van der Waals surface area contributed by atoms with E-state index in [2.05, 4.69) is 22.7 Å². The summed E-state index contributed by atoms with van der Waals surface area (Å²) < 4.78 is 4.42. The van der Waals surface area contributed by atoms with Gasteiger partial charge in [0, 0.05) is 6.42 Å². The molecule has 0 unspecified atom stereocenters. The van der Waals surface area contributed by atoms with Crippen LogP contribution in [0.5, 0.6) is 0 Å². The molecule has 0 spiro atoms. The highest BCUT2D eigenvalue weighted by Crippen LogP contribution is 1.89. The number of hydrogen-bond acceptors (Lipinski definition) is 4. The van der Waals surface area contributed by atoms with Gasteiger partial charge in [0.1, 0.15) is 6.04 Å². The van der Waals surface area contributed by atoms with Gasteiger partial charge in [-0.15, -0.1) is 0 Å². The number of amides is 1. The second kappa shape index (κ2) is 5.88. The summed E-state index contributed by atoms with van der Waals surface area (Å²) in [6.45, 7) is 1.57. The Kier molecular flexibility index (Phi) is 5.53. The van der Waals surface area contributed by atoms with Gasteiger partial charge in [0.05, 0.1) is 7.11 Å². The molecule has 5 heteroatoms. The van der Waals surface area contributed by atoms with Crippen LogP contribution in [-0.2, 0) is 14.3 Å². The van der Waals surface area contributed by atoms with E-state index in [0.717, 1.165) is 0 Å². The molecule has 1 atom stereocenters. The van der Waals surface area contributed by atoms with E-state index in [4.69, 9.17) is 0 Å². The van der Waals surface area contributed by atoms with Gasteiger partial charge in [-0.3, -0.25) is 4.79 Å². The molecule has 0 rings (SSSR count). The lowest BCUT2D eigenvalue weighted by Crippen LogP contribution is -2.39. The van der Waals surface area contributed by atoms with Crippen molar-refractivity contribution in [1.82, 2.24) is 5.32 Å². The number of nitrogens with one attached hydrogen (secondary N) is 1. The lowest BCUT2D eigenvalue weighted by molar-refractivity contribution is -0.144. The molecule has 0 aromatic heterocycles. The normalized spacial score (nSPS) is 11.9. The number of methoxy groups -OCH3 is 1. The fraction of sp³-hybridized carbons (Fsp3) is 0.714. The lowest BCUT2D eigenvalue weighted by atomic mass is 10.3. The van der Waals surface area contributed by atoms with Crippen molar-refractivity contribution < 1.29 is 14.3 Å². The molecular formula is C7H13NO3S. The van der Waals surface area contributed by atoms with Crippen molar-refractivity contribution in [2.75, 3.05) is 12.9 Å². The molecule has 0 aliphatic rings. The fourth-order valence-electron chi connectivity index (χ4n) is 0.651. The summed E-state index contributed by atoms with van der Waals surface area (Å²) in [5.41, 5.74) is 0. The molecule has 0 radical (unpaired) electrons. The Labute approximate surface area is 77.1 Å². The predicted molar refractivity (Wildman–Crippen MR) is 48.1 cm³/mol. The van der Waals surface area contributed by atoms with Crippen LogP contribution < -0.4 is 5.32 Å². The zero-order chi connectivity index (χ0) is 9.56. The number of carbonyl (C=O) groups is 2. The largest absolute Gasteiger partial charge is 0.467 e. The van der Waals surface area contributed by atoms with Gasteiger partial charge >= 0.3 is 5.97 Å². The van der Waals surface area contributed by atoms with E-state index in [9.17, 15) is 9.59 Å². The van der Waals surface area contributed by atoms with Crippen LogP contribution in [0.15, 0.2) is 0 Å². The van der Waals surface area contributed by atoms with E-state index >= 15 is 0 Å². The van der Waals surface area contributed by atoms with E-state index in [1.54, 1.807) is 6.92 Å². The molecule has 0 fully saturated rings. The molecule has 0 aliphatic carbocycles. The maximum absolute atomic E-state index is 10.9. The van der Waals surface area contributed by atoms with Crippen LogP contribution in [-0.4, -0.2) is 30.8 Å². The summed E-state index contributed by atoms with van der Waals surface area (Å²) in [5.74, 6) is -0.162. The molecule has 0 aromatic carbocycles. The van der Waals surface area contributed by atoms with Crippen LogP contribution in [0.3, 0.4) is 0 Å². The smallest absolute Gasteiger partial charge is 0.328 e. The monoisotopic (exact) mass is 191 g/mol. The Bertz CT molecular complexity index is 172. The van der Waals surface area contributed by atoms with Crippen molar-refractivity contribution in [2.45, 2.75) is 19.4 Å². The van der Waals surface area contributed by atoms with Gasteiger partial charge in [0.15, 0.2) is 0 Å². The first kappa shape index (κ1) is 11.3. The summed E-state index contributed by atoms with van der Waals surface area (Å²) in [6, 6.07) is -0.581. The van der Waals surface area contributed by atoms with Crippen molar-refractivity contribution in [3.8, 4) is 0 Å². The number of ether oxygens (including phenoxy) is 1. The Balaban J connectivity index is 3.75. The highest BCUT2D eigenvalue weighted by Gasteiger charge is 2.14. The summed E-state index contributed by atoms with van der Waals surface area (Å²) in [6.07, 6.45) is 0.310. The molecule has 70 valence electrons. The first-order valence-electron chi connectivity index (χ1n) is 3.60. The first-order chi connectivity index (χ1) is 5.61. The number of thiol groups is 1. The second-order valence-corrected chi connectivity index (χ2v) is 2.73. The third-order valence-corrected chi connectivity index (χ3v) is 1.49. The van der Waals surface area contributed by atoms with Crippen molar-refractivity contribution in [1.29, 1.82) is 0 Å². The van der Waals surface area contributed by atoms with Crippen LogP contribution in [0.1, 0.15) is 13.3 Å². The molecule has 4 nitrogen and oxygen atoms in total. The summed E-state index contributed by atoms with van der Waals surface area (Å²) in [4.78, 5) is 21.7. The Morgan fingerprint density at radius 1 is 1.58 bits per heavy atom. The minimum atomic E-state index is -0.581. The van der Waals surface area contributed by atoms with Gasteiger partial charge in [0.2, 0.25) is 5.91 Å². The number of hydrogen-bond donors (Lipinski definition) is 2. The molecule has 0 saturated carbocycles. The molecular weight excluding hydrogens is 178 g/mol. The van der Waals surface area contributed by atoms with Crippen LogP contribution in [0.25, 0.3) is 0 Å². The van der Waals surface area contributed by atoms with Crippen LogP contribution in [0.2, 0.25) is 0 Å². The van der Waals surface area contributed by atoms with Gasteiger partial charge in [-0.2, -0.15) is 12.6 Å². The van der Waals surface area contributed by atoms with Crippen LogP contribution >= 0.6 is 12.6 Å². The molecule has 0 aromatic rings. The molecule has 1 N–H and O–H groups in total. The molecule has 0 heterocycles. The third-order valence-electron chi connectivity index (χ3n) is 1.27. The van der Waals surface area contributed by atoms with E-state index < -0.39 is 12.0 Å². The van der Waals surface area contributed by atoms with Crippen molar-refractivity contribution in [2.24, 2.45) is 0 Å². The minimum absolute atomic E-state index is 0.192. The summed E-state index contributed by atoms with van der Waals surface area (Å²) in [5, 5.41) is 2.47. The average molecular weight is 191 g/mol.